The average molecular weight is 597 g/mol. The predicted molar refractivity (Wildman–Crippen MR) is 171 cm³/mol. The molecule has 0 N–H and O–H groups in total. The lowest BCUT2D eigenvalue weighted by molar-refractivity contribution is -0.299. The Morgan fingerprint density at radius 3 is 2.14 bits per heavy atom. The van der Waals surface area contributed by atoms with Crippen molar-refractivity contribution >= 4 is 10.8 Å². The zero-order valence-corrected chi connectivity index (χ0v) is 26.1. The summed E-state index contributed by atoms with van der Waals surface area (Å²) >= 11 is 0. The Balaban J connectivity index is 1.17. The molecule has 0 bridgehead atoms. The van der Waals surface area contributed by atoms with Crippen LogP contribution in [0.25, 0.3) is 10.8 Å². The van der Waals surface area contributed by atoms with E-state index < -0.39 is 6.29 Å². The molecule has 0 aliphatic carbocycles. The molecule has 0 amide bonds. The summed E-state index contributed by atoms with van der Waals surface area (Å²) in [5.41, 5.74) is 4.61. The van der Waals surface area contributed by atoms with Crippen molar-refractivity contribution in [3.05, 3.63) is 119 Å². The van der Waals surface area contributed by atoms with Gasteiger partial charge in [0.05, 0.1) is 43.7 Å². The van der Waals surface area contributed by atoms with Gasteiger partial charge in [0.2, 0.25) is 0 Å². The van der Waals surface area contributed by atoms with Crippen LogP contribution < -0.4 is 0 Å². The molecule has 0 spiro atoms. The zero-order valence-electron chi connectivity index (χ0n) is 26.1. The lowest BCUT2D eigenvalue weighted by atomic mass is 9.93. The molecule has 0 unspecified atom stereocenters. The van der Waals surface area contributed by atoms with Crippen LogP contribution in [0.15, 0.2) is 97.1 Å². The number of benzene rings is 4. The van der Waals surface area contributed by atoms with Gasteiger partial charge < -0.3 is 28.4 Å². The van der Waals surface area contributed by atoms with Gasteiger partial charge in [-0.3, -0.25) is 0 Å². The molecule has 232 valence electrons. The molecule has 2 saturated heterocycles. The van der Waals surface area contributed by atoms with Gasteiger partial charge in [-0.15, -0.1) is 0 Å². The highest BCUT2D eigenvalue weighted by atomic mass is 16.7. The summed E-state index contributed by atoms with van der Waals surface area (Å²) in [4.78, 5) is 0. The van der Waals surface area contributed by atoms with Gasteiger partial charge in [0.1, 0.15) is 12.2 Å². The van der Waals surface area contributed by atoms with Crippen molar-refractivity contribution in [2.75, 3.05) is 7.11 Å². The first-order valence-corrected chi connectivity index (χ1v) is 15.8. The second-order valence-electron chi connectivity index (χ2n) is 12.1. The Labute approximate surface area is 261 Å². The maximum atomic E-state index is 6.82. The SMILES string of the molecule is CO[C@H]1[C@@H](C)O[C@H](O[C@@H]2C[C@@H](c3ccc(C)cc3)O[C@H](C)[C@H]2OCc2ccccc2)C[C@H]1OCc1ccc2ccccc2c1. The summed E-state index contributed by atoms with van der Waals surface area (Å²) in [6.45, 7) is 7.18. The van der Waals surface area contributed by atoms with Crippen LogP contribution in [0.2, 0.25) is 0 Å². The van der Waals surface area contributed by atoms with Gasteiger partial charge in [0, 0.05) is 20.0 Å². The Morgan fingerprint density at radius 2 is 1.36 bits per heavy atom. The molecular formula is C38H44O6. The van der Waals surface area contributed by atoms with Gasteiger partial charge in [-0.25, -0.2) is 0 Å². The van der Waals surface area contributed by atoms with Gasteiger partial charge in [-0.1, -0.05) is 96.6 Å². The monoisotopic (exact) mass is 596 g/mol. The van der Waals surface area contributed by atoms with Crippen LogP contribution in [0.4, 0.5) is 0 Å². The van der Waals surface area contributed by atoms with Crippen LogP contribution in [0.1, 0.15) is 55.0 Å². The normalized spacial score (nSPS) is 29.1. The van der Waals surface area contributed by atoms with Crippen LogP contribution in [0.3, 0.4) is 0 Å². The molecule has 2 aliphatic rings. The molecule has 2 aliphatic heterocycles. The fourth-order valence-corrected chi connectivity index (χ4v) is 6.50. The van der Waals surface area contributed by atoms with Crippen molar-refractivity contribution in [1.82, 2.24) is 0 Å². The molecule has 0 saturated carbocycles. The number of fused-ring (bicyclic) bond motifs is 1. The van der Waals surface area contributed by atoms with E-state index in [-0.39, 0.29) is 42.7 Å². The quantitative estimate of drug-likeness (QED) is 0.187. The summed E-state index contributed by atoms with van der Waals surface area (Å²) in [5, 5.41) is 2.43. The highest BCUT2D eigenvalue weighted by molar-refractivity contribution is 5.82. The van der Waals surface area contributed by atoms with Crippen LogP contribution in [-0.2, 0) is 41.6 Å². The summed E-state index contributed by atoms with van der Waals surface area (Å²) < 4.78 is 38.7. The molecular weight excluding hydrogens is 552 g/mol. The number of hydrogen-bond acceptors (Lipinski definition) is 6. The fourth-order valence-electron chi connectivity index (χ4n) is 6.50. The molecule has 0 radical (unpaired) electrons. The smallest absolute Gasteiger partial charge is 0.161 e. The molecule has 2 heterocycles. The Morgan fingerprint density at radius 1 is 0.659 bits per heavy atom. The number of ether oxygens (including phenoxy) is 6. The topological polar surface area (TPSA) is 55.4 Å². The average Bonchev–Trinajstić information content (AvgIpc) is 3.04. The van der Waals surface area contributed by atoms with Crippen molar-refractivity contribution < 1.29 is 28.4 Å². The van der Waals surface area contributed by atoms with E-state index in [9.17, 15) is 0 Å². The maximum Gasteiger partial charge on any atom is 0.161 e. The van der Waals surface area contributed by atoms with Crippen LogP contribution in [0.5, 0.6) is 0 Å². The van der Waals surface area contributed by atoms with Gasteiger partial charge >= 0.3 is 0 Å². The first kappa shape index (κ1) is 30.9. The van der Waals surface area contributed by atoms with Crippen LogP contribution in [0, 0.1) is 6.92 Å². The van der Waals surface area contributed by atoms with Crippen molar-refractivity contribution in [2.24, 2.45) is 0 Å². The Kier molecular flexibility index (Phi) is 10.1. The maximum absolute atomic E-state index is 6.82. The lowest BCUT2D eigenvalue weighted by Crippen LogP contribution is -2.53. The van der Waals surface area contributed by atoms with E-state index in [0.29, 0.717) is 26.1 Å². The van der Waals surface area contributed by atoms with E-state index >= 15 is 0 Å². The molecule has 6 heteroatoms. The van der Waals surface area contributed by atoms with E-state index in [0.717, 1.165) is 16.7 Å². The van der Waals surface area contributed by atoms with E-state index in [1.54, 1.807) is 7.11 Å². The minimum Gasteiger partial charge on any atom is -0.376 e. The van der Waals surface area contributed by atoms with E-state index in [1.165, 1.54) is 16.3 Å². The minimum absolute atomic E-state index is 0.0973. The summed E-state index contributed by atoms with van der Waals surface area (Å²) in [7, 11) is 1.72. The number of aryl methyl sites for hydroxylation is 1. The molecule has 6 nitrogen and oxygen atoms in total. The molecule has 44 heavy (non-hydrogen) atoms. The molecule has 4 aromatic rings. The molecule has 2 fully saturated rings. The van der Waals surface area contributed by atoms with Crippen molar-refractivity contribution in [2.45, 2.75) is 95.8 Å². The number of rotatable bonds is 10. The standard InChI is InChI=1S/C38H44O6/c1-25-14-17-31(18-15-25)33-21-35(38(27(3)42-33)41-23-28-10-6-5-7-11-28)44-36-22-34(37(39-4)26(2)43-36)40-24-29-16-19-30-12-8-9-13-32(30)20-29/h5-20,26-27,33-38H,21-24H2,1-4H3/t26-,27-,33+,34-,35-,36-,37+,38-/m1/s1. The van der Waals surface area contributed by atoms with Gasteiger partial charge in [0.25, 0.3) is 0 Å². The minimum atomic E-state index is -0.463. The zero-order chi connectivity index (χ0) is 30.5. The number of hydrogen-bond donors (Lipinski definition) is 0. The highest BCUT2D eigenvalue weighted by Gasteiger charge is 2.43. The third kappa shape index (κ3) is 7.40. The Bertz CT molecular complexity index is 1470. The van der Waals surface area contributed by atoms with Crippen LogP contribution >= 0.6 is 0 Å². The molecule has 4 aromatic carbocycles. The first-order valence-electron chi connectivity index (χ1n) is 15.8. The third-order valence-corrected chi connectivity index (χ3v) is 8.89. The molecule has 8 atom stereocenters. The van der Waals surface area contributed by atoms with Crippen molar-refractivity contribution in [3.8, 4) is 0 Å². The predicted octanol–water partition coefficient (Wildman–Crippen LogP) is 7.70. The lowest BCUT2D eigenvalue weighted by Gasteiger charge is -2.44. The summed E-state index contributed by atoms with van der Waals surface area (Å²) in [6.07, 6.45) is -0.580. The van der Waals surface area contributed by atoms with E-state index in [1.807, 2.05) is 25.1 Å². The van der Waals surface area contributed by atoms with Gasteiger partial charge in [-0.05, 0) is 54.3 Å². The van der Waals surface area contributed by atoms with Gasteiger partial charge in [-0.2, -0.15) is 0 Å². The fraction of sp³-hybridized carbons (Fsp3) is 0.421. The Hall–Kier alpha value is -3.10. The van der Waals surface area contributed by atoms with Crippen molar-refractivity contribution in [1.29, 1.82) is 0 Å². The number of methoxy groups -OCH3 is 1. The van der Waals surface area contributed by atoms with E-state index in [2.05, 4.69) is 92.7 Å². The molecule has 0 aromatic heterocycles. The first-order chi connectivity index (χ1) is 21.5. The summed E-state index contributed by atoms with van der Waals surface area (Å²) in [5.74, 6) is 0. The second kappa shape index (κ2) is 14.3. The van der Waals surface area contributed by atoms with E-state index in [4.69, 9.17) is 28.4 Å². The third-order valence-electron chi connectivity index (χ3n) is 8.89. The second-order valence-corrected chi connectivity index (χ2v) is 12.1. The highest BCUT2D eigenvalue weighted by Crippen LogP contribution is 2.37. The largest absolute Gasteiger partial charge is 0.376 e. The van der Waals surface area contributed by atoms with Gasteiger partial charge in [0.15, 0.2) is 6.29 Å². The van der Waals surface area contributed by atoms with Crippen LogP contribution in [-0.4, -0.2) is 50.0 Å². The molecule has 6 rings (SSSR count). The van der Waals surface area contributed by atoms with Crippen molar-refractivity contribution in [3.63, 3.8) is 0 Å². The summed E-state index contributed by atoms with van der Waals surface area (Å²) in [6, 6.07) is 33.6.